The second kappa shape index (κ2) is 6.18. The molecule has 2 N–H and O–H groups in total. The predicted molar refractivity (Wildman–Crippen MR) is 77.5 cm³/mol. The monoisotopic (exact) mass is 273 g/mol. The van der Waals surface area contributed by atoms with Crippen LogP contribution in [0.5, 0.6) is 0 Å². The number of hydrogen-bond donors (Lipinski definition) is 2. The van der Waals surface area contributed by atoms with Crippen molar-refractivity contribution in [2.24, 2.45) is 7.05 Å². The van der Waals surface area contributed by atoms with Crippen molar-refractivity contribution < 1.29 is 4.79 Å². The van der Waals surface area contributed by atoms with Crippen LogP contribution >= 0.6 is 0 Å². The third-order valence-corrected chi connectivity index (χ3v) is 2.94. The average Bonchev–Trinajstić information content (AvgIpc) is 2.75. The third kappa shape index (κ3) is 3.34. The molecule has 0 spiro atoms. The van der Waals surface area contributed by atoms with E-state index in [1.807, 2.05) is 27.1 Å². The maximum Gasteiger partial charge on any atom is 0.253 e. The number of anilines is 1. The van der Waals surface area contributed by atoms with E-state index in [4.69, 9.17) is 0 Å². The van der Waals surface area contributed by atoms with Crippen molar-refractivity contribution in [3.63, 3.8) is 0 Å². The zero-order valence-electron chi connectivity index (χ0n) is 12.0. The first-order chi connectivity index (χ1) is 9.60. The molecule has 0 atom stereocenters. The minimum absolute atomic E-state index is 0.135. The molecule has 0 unspecified atom stereocenters. The number of nitrogens with one attached hydrogen (secondary N) is 2. The summed E-state index contributed by atoms with van der Waals surface area (Å²) < 4.78 is 1.74. The Balaban J connectivity index is 1.96. The number of aromatic nitrogens is 3. The van der Waals surface area contributed by atoms with Gasteiger partial charge in [-0.05, 0) is 26.0 Å². The van der Waals surface area contributed by atoms with Gasteiger partial charge in [0, 0.05) is 38.1 Å². The lowest BCUT2D eigenvalue weighted by Gasteiger charge is -2.06. The largest absolute Gasteiger partial charge is 0.370 e. The Kier molecular flexibility index (Phi) is 4.34. The minimum atomic E-state index is -0.135. The van der Waals surface area contributed by atoms with Gasteiger partial charge in [0.1, 0.15) is 5.82 Å². The van der Waals surface area contributed by atoms with Gasteiger partial charge in [0.05, 0.1) is 11.3 Å². The highest BCUT2D eigenvalue weighted by Crippen LogP contribution is 2.07. The van der Waals surface area contributed by atoms with Crippen LogP contribution in [0.4, 0.5) is 5.82 Å². The zero-order chi connectivity index (χ0) is 14.5. The highest BCUT2D eigenvalue weighted by atomic mass is 16.1. The first kappa shape index (κ1) is 14.0. The van der Waals surface area contributed by atoms with Crippen molar-refractivity contribution in [1.82, 2.24) is 20.1 Å². The number of nitrogens with zero attached hydrogens (tertiary/aromatic N) is 3. The fourth-order valence-electron chi connectivity index (χ4n) is 1.91. The Bertz CT molecular complexity index is 588. The average molecular weight is 273 g/mol. The first-order valence-electron chi connectivity index (χ1n) is 6.57. The summed E-state index contributed by atoms with van der Waals surface area (Å²) in [6.45, 7) is 5.19. The highest BCUT2D eigenvalue weighted by molar-refractivity contribution is 5.94. The Morgan fingerprint density at radius 3 is 2.75 bits per heavy atom. The van der Waals surface area contributed by atoms with Crippen LogP contribution in [0, 0.1) is 6.92 Å². The SMILES string of the molecule is CCNc1ccc(C(=O)NCc2cn(C)nc2C)cn1. The summed E-state index contributed by atoms with van der Waals surface area (Å²) >= 11 is 0. The maximum absolute atomic E-state index is 12.0. The van der Waals surface area contributed by atoms with E-state index in [2.05, 4.69) is 20.7 Å². The van der Waals surface area contributed by atoms with E-state index in [0.29, 0.717) is 12.1 Å². The van der Waals surface area contributed by atoms with E-state index < -0.39 is 0 Å². The summed E-state index contributed by atoms with van der Waals surface area (Å²) in [6, 6.07) is 3.56. The van der Waals surface area contributed by atoms with Gasteiger partial charge >= 0.3 is 0 Å². The number of amides is 1. The number of hydrogen-bond acceptors (Lipinski definition) is 4. The van der Waals surface area contributed by atoms with Gasteiger partial charge in [-0.2, -0.15) is 5.10 Å². The summed E-state index contributed by atoms with van der Waals surface area (Å²) in [5.41, 5.74) is 2.49. The van der Waals surface area contributed by atoms with Crippen molar-refractivity contribution in [1.29, 1.82) is 0 Å². The first-order valence-corrected chi connectivity index (χ1v) is 6.57. The predicted octanol–water partition coefficient (Wildman–Crippen LogP) is 1.49. The van der Waals surface area contributed by atoms with Crippen molar-refractivity contribution in [3.8, 4) is 0 Å². The van der Waals surface area contributed by atoms with E-state index in [0.717, 1.165) is 23.6 Å². The van der Waals surface area contributed by atoms with Gasteiger partial charge < -0.3 is 10.6 Å². The molecule has 0 radical (unpaired) electrons. The van der Waals surface area contributed by atoms with E-state index in [1.165, 1.54) is 0 Å². The lowest BCUT2D eigenvalue weighted by atomic mass is 10.2. The maximum atomic E-state index is 12.0. The van der Waals surface area contributed by atoms with E-state index in [-0.39, 0.29) is 5.91 Å². The lowest BCUT2D eigenvalue weighted by molar-refractivity contribution is 0.0950. The quantitative estimate of drug-likeness (QED) is 0.865. The van der Waals surface area contributed by atoms with Crippen LogP contribution < -0.4 is 10.6 Å². The molecule has 106 valence electrons. The van der Waals surface area contributed by atoms with Crippen LogP contribution in [-0.2, 0) is 13.6 Å². The van der Waals surface area contributed by atoms with Gasteiger partial charge in [0.25, 0.3) is 5.91 Å². The van der Waals surface area contributed by atoms with Gasteiger partial charge in [-0.3, -0.25) is 9.48 Å². The molecule has 6 nitrogen and oxygen atoms in total. The van der Waals surface area contributed by atoms with Crippen LogP contribution in [0.15, 0.2) is 24.5 Å². The van der Waals surface area contributed by atoms with E-state index in [1.54, 1.807) is 23.0 Å². The van der Waals surface area contributed by atoms with Crippen LogP contribution in [0.1, 0.15) is 28.5 Å². The second-order valence-electron chi connectivity index (χ2n) is 4.56. The number of rotatable bonds is 5. The molecule has 0 saturated carbocycles. The van der Waals surface area contributed by atoms with Gasteiger partial charge in [0.2, 0.25) is 0 Å². The van der Waals surface area contributed by atoms with Crippen LogP contribution in [0.25, 0.3) is 0 Å². The zero-order valence-corrected chi connectivity index (χ0v) is 12.0. The second-order valence-corrected chi connectivity index (χ2v) is 4.56. The molecule has 0 fully saturated rings. The number of aryl methyl sites for hydroxylation is 2. The van der Waals surface area contributed by atoms with Gasteiger partial charge in [0.15, 0.2) is 0 Å². The van der Waals surface area contributed by atoms with Gasteiger partial charge in [-0.1, -0.05) is 0 Å². The molecule has 2 rings (SSSR count). The Hall–Kier alpha value is -2.37. The van der Waals surface area contributed by atoms with E-state index in [9.17, 15) is 4.79 Å². The van der Waals surface area contributed by atoms with Crippen LogP contribution in [0.3, 0.4) is 0 Å². The van der Waals surface area contributed by atoms with Crippen molar-refractivity contribution in [2.75, 3.05) is 11.9 Å². The number of pyridine rings is 1. The number of carbonyl (C=O) groups excluding carboxylic acids is 1. The molecule has 0 aliphatic carbocycles. The van der Waals surface area contributed by atoms with Crippen molar-refractivity contribution in [2.45, 2.75) is 20.4 Å². The highest BCUT2D eigenvalue weighted by Gasteiger charge is 2.08. The van der Waals surface area contributed by atoms with Crippen LogP contribution in [-0.4, -0.2) is 27.2 Å². The number of carbonyl (C=O) groups is 1. The molecule has 1 amide bonds. The minimum Gasteiger partial charge on any atom is -0.370 e. The molecular formula is C14H19N5O. The normalized spacial score (nSPS) is 10.3. The summed E-state index contributed by atoms with van der Waals surface area (Å²) in [5.74, 6) is 0.635. The fraction of sp³-hybridized carbons (Fsp3) is 0.357. The summed E-state index contributed by atoms with van der Waals surface area (Å²) in [7, 11) is 1.86. The van der Waals surface area contributed by atoms with Crippen LogP contribution in [0.2, 0.25) is 0 Å². The van der Waals surface area contributed by atoms with Gasteiger partial charge in [-0.15, -0.1) is 0 Å². The third-order valence-electron chi connectivity index (χ3n) is 2.94. The van der Waals surface area contributed by atoms with E-state index >= 15 is 0 Å². The molecule has 6 heteroatoms. The van der Waals surface area contributed by atoms with Gasteiger partial charge in [-0.25, -0.2) is 4.98 Å². The molecule has 0 aliphatic heterocycles. The Morgan fingerprint density at radius 1 is 1.40 bits per heavy atom. The Morgan fingerprint density at radius 2 is 2.20 bits per heavy atom. The molecule has 2 heterocycles. The molecule has 2 aromatic rings. The molecule has 0 aliphatic rings. The summed E-state index contributed by atoms with van der Waals surface area (Å²) in [4.78, 5) is 16.2. The Labute approximate surface area is 118 Å². The molecule has 0 bridgehead atoms. The smallest absolute Gasteiger partial charge is 0.253 e. The molecular weight excluding hydrogens is 254 g/mol. The molecule has 0 saturated heterocycles. The summed E-state index contributed by atoms with van der Waals surface area (Å²) in [6.07, 6.45) is 3.48. The van der Waals surface area contributed by atoms with Crippen molar-refractivity contribution >= 4 is 11.7 Å². The topological polar surface area (TPSA) is 71.8 Å². The molecule has 20 heavy (non-hydrogen) atoms. The molecule has 0 aromatic carbocycles. The molecule has 2 aromatic heterocycles. The fourth-order valence-corrected chi connectivity index (χ4v) is 1.91. The summed E-state index contributed by atoms with van der Waals surface area (Å²) in [5, 5.41) is 10.2. The van der Waals surface area contributed by atoms with Crippen molar-refractivity contribution in [3.05, 3.63) is 41.3 Å². The lowest BCUT2D eigenvalue weighted by Crippen LogP contribution is -2.23. The standard InChI is InChI=1S/C14H19N5O/c1-4-15-13-6-5-11(7-16-13)14(20)17-8-12-9-19(3)18-10(12)2/h5-7,9H,4,8H2,1-3H3,(H,15,16)(H,17,20).